The topological polar surface area (TPSA) is 20.2 Å². The molecule has 1 heteroatoms. The van der Waals surface area contributed by atoms with Crippen molar-refractivity contribution in [1.82, 2.24) is 0 Å². The summed E-state index contributed by atoms with van der Waals surface area (Å²) in [5, 5.41) is 9.59. The summed E-state index contributed by atoms with van der Waals surface area (Å²) in [4.78, 5) is 0. The van der Waals surface area contributed by atoms with Gasteiger partial charge in [-0.3, -0.25) is 0 Å². The number of aliphatic hydroxyl groups excluding tert-OH is 1. The highest BCUT2D eigenvalue weighted by molar-refractivity contribution is 6.03. The van der Waals surface area contributed by atoms with E-state index < -0.39 is 0 Å². The standard InChI is InChI=1S/C34H26.C2H4.CH4O/c1-2-4-6-10-22-31-29(20-9-5-3-1)33-28-19-13-11-16-26(28)23-24-32(33)34(31)25-15-7-8-17-27-18-12-14-21-30(27)34;2*1-2/h1-24H,25H2;1-2H2;2H,1H3/b2-1-,3-1?,4-2?,5-3-,6-4+,9-5?,10-6?,15-7-,17-8-,20-9-,22-10+,29-20?,31-22?;;. The number of benzene rings is 3. The van der Waals surface area contributed by atoms with Crippen molar-refractivity contribution in [3.8, 4) is 0 Å². The molecule has 0 amide bonds. The summed E-state index contributed by atoms with van der Waals surface area (Å²) in [6, 6.07) is 22.3. The largest absolute Gasteiger partial charge is 0.400 e. The summed E-state index contributed by atoms with van der Waals surface area (Å²) >= 11 is 0. The molecule has 188 valence electrons. The van der Waals surface area contributed by atoms with Crippen LogP contribution in [0, 0.1) is 0 Å². The molecule has 0 aliphatic heterocycles. The molecule has 3 aromatic rings. The normalized spacial score (nSPS) is 24.6. The van der Waals surface area contributed by atoms with Gasteiger partial charge in [0.15, 0.2) is 0 Å². The van der Waals surface area contributed by atoms with Crippen LogP contribution in [0.4, 0.5) is 0 Å². The lowest BCUT2D eigenvalue weighted by Gasteiger charge is -2.35. The Morgan fingerprint density at radius 3 is 2.03 bits per heavy atom. The maximum Gasteiger partial charge on any atom is 0.0504 e. The molecule has 0 heterocycles. The van der Waals surface area contributed by atoms with Crippen LogP contribution in [0.1, 0.15) is 28.7 Å². The molecule has 0 bridgehead atoms. The van der Waals surface area contributed by atoms with Crippen molar-refractivity contribution in [2.24, 2.45) is 0 Å². The van der Waals surface area contributed by atoms with E-state index >= 15 is 0 Å². The van der Waals surface area contributed by atoms with Gasteiger partial charge in [0.05, 0.1) is 5.41 Å². The zero-order valence-corrected chi connectivity index (χ0v) is 21.9. The van der Waals surface area contributed by atoms with Crippen LogP contribution in [0.3, 0.4) is 0 Å². The van der Waals surface area contributed by atoms with E-state index in [1.807, 2.05) is 0 Å². The Labute approximate surface area is 226 Å². The van der Waals surface area contributed by atoms with Crippen LogP contribution >= 0.6 is 0 Å². The summed E-state index contributed by atoms with van der Waals surface area (Å²) in [6.45, 7) is 6.00. The van der Waals surface area contributed by atoms with E-state index in [0.717, 1.165) is 13.5 Å². The van der Waals surface area contributed by atoms with Crippen LogP contribution < -0.4 is 0 Å². The van der Waals surface area contributed by atoms with Crippen molar-refractivity contribution in [3.63, 3.8) is 0 Å². The van der Waals surface area contributed by atoms with Crippen molar-refractivity contribution >= 4 is 22.4 Å². The number of allylic oxidation sites excluding steroid dienone is 15. The van der Waals surface area contributed by atoms with Crippen LogP contribution in [-0.2, 0) is 5.41 Å². The van der Waals surface area contributed by atoms with Crippen molar-refractivity contribution in [1.29, 1.82) is 0 Å². The van der Waals surface area contributed by atoms with E-state index in [-0.39, 0.29) is 5.41 Å². The first kappa shape index (κ1) is 26.6. The third-order valence-corrected chi connectivity index (χ3v) is 7.08. The minimum absolute atomic E-state index is 0.259. The van der Waals surface area contributed by atoms with Gasteiger partial charge in [-0.05, 0) is 50.6 Å². The molecule has 3 aliphatic carbocycles. The number of aliphatic hydroxyl groups is 1. The van der Waals surface area contributed by atoms with Gasteiger partial charge in [-0.2, -0.15) is 0 Å². The van der Waals surface area contributed by atoms with Crippen LogP contribution in [0.5, 0.6) is 0 Å². The Bertz CT molecular complexity index is 1530. The number of hydrogen-bond donors (Lipinski definition) is 1. The molecule has 1 N–H and O–H groups in total. The fourth-order valence-electron chi connectivity index (χ4n) is 5.65. The zero-order chi connectivity index (χ0) is 26.8. The van der Waals surface area contributed by atoms with Gasteiger partial charge in [-0.1, -0.05) is 146 Å². The van der Waals surface area contributed by atoms with Crippen molar-refractivity contribution in [2.75, 3.05) is 7.11 Å². The molecular weight excluding hydrogens is 460 g/mol. The Balaban J connectivity index is 0.000000804. The fraction of sp³-hybridized carbons (Fsp3) is 0.0811. The van der Waals surface area contributed by atoms with Gasteiger partial charge in [0, 0.05) is 7.11 Å². The van der Waals surface area contributed by atoms with E-state index in [4.69, 9.17) is 5.11 Å². The lowest BCUT2D eigenvalue weighted by Crippen LogP contribution is -2.28. The highest BCUT2D eigenvalue weighted by Gasteiger charge is 2.45. The zero-order valence-electron chi connectivity index (χ0n) is 21.9. The second kappa shape index (κ2) is 12.7. The monoisotopic (exact) mass is 494 g/mol. The SMILES string of the molecule is C1=C\C=C/C2=C(\C=C\C=C\C=C/1)C1(C/C=C\C=C/c3ccccc31)c1ccc3ccccc3c12.C=C.CO. The van der Waals surface area contributed by atoms with Crippen LogP contribution in [-0.4, -0.2) is 12.2 Å². The average Bonchev–Trinajstić information content (AvgIpc) is 3.23. The lowest BCUT2D eigenvalue weighted by atomic mass is 9.67. The van der Waals surface area contributed by atoms with E-state index in [0.29, 0.717) is 0 Å². The third kappa shape index (κ3) is 4.77. The van der Waals surface area contributed by atoms with E-state index in [2.05, 4.69) is 159 Å². The first-order valence-corrected chi connectivity index (χ1v) is 12.9. The first-order valence-electron chi connectivity index (χ1n) is 12.9. The molecular formula is C37H34O. The molecule has 3 aliphatic rings. The van der Waals surface area contributed by atoms with Crippen LogP contribution in [0.15, 0.2) is 158 Å². The van der Waals surface area contributed by atoms with Gasteiger partial charge in [-0.25, -0.2) is 0 Å². The van der Waals surface area contributed by atoms with Gasteiger partial charge in [0.1, 0.15) is 0 Å². The minimum atomic E-state index is -0.259. The second-order valence-electron chi connectivity index (χ2n) is 8.89. The van der Waals surface area contributed by atoms with Gasteiger partial charge in [0.2, 0.25) is 0 Å². The maximum atomic E-state index is 7.00. The Morgan fingerprint density at radius 2 is 1.24 bits per heavy atom. The van der Waals surface area contributed by atoms with E-state index in [1.54, 1.807) is 0 Å². The third-order valence-electron chi connectivity index (χ3n) is 7.08. The summed E-state index contributed by atoms with van der Waals surface area (Å²) < 4.78 is 0. The lowest BCUT2D eigenvalue weighted by molar-refractivity contribution is 0.399. The van der Waals surface area contributed by atoms with Gasteiger partial charge in [0.25, 0.3) is 0 Å². The molecule has 38 heavy (non-hydrogen) atoms. The van der Waals surface area contributed by atoms with Gasteiger partial charge >= 0.3 is 0 Å². The molecule has 1 atom stereocenters. The highest BCUT2D eigenvalue weighted by atomic mass is 16.2. The molecule has 0 aromatic heterocycles. The van der Waals surface area contributed by atoms with Gasteiger partial charge < -0.3 is 5.11 Å². The Morgan fingerprint density at radius 1 is 0.605 bits per heavy atom. The molecule has 0 saturated heterocycles. The number of fused-ring (bicyclic) bond motifs is 8. The van der Waals surface area contributed by atoms with Crippen molar-refractivity contribution in [2.45, 2.75) is 11.8 Å². The molecule has 1 spiro atoms. The molecule has 6 rings (SSSR count). The summed E-state index contributed by atoms with van der Waals surface area (Å²) in [6.07, 6.45) is 31.4. The minimum Gasteiger partial charge on any atom is -0.400 e. The molecule has 3 aromatic carbocycles. The molecule has 1 nitrogen and oxygen atoms in total. The van der Waals surface area contributed by atoms with Crippen molar-refractivity contribution < 1.29 is 5.11 Å². The molecule has 1 unspecified atom stereocenters. The first-order chi connectivity index (χ1) is 18.9. The predicted molar refractivity (Wildman–Crippen MR) is 166 cm³/mol. The maximum absolute atomic E-state index is 7.00. The Hall–Kier alpha value is -4.46. The summed E-state index contributed by atoms with van der Waals surface area (Å²) in [5.74, 6) is 0. The summed E-state index contributed by atoms with van der Waals surface area (Å²) in [7, 11) is 1.00. The van der Waals surface area contributed by atoms with Crippen molar-refractivity contribution in [3.05, 3.63) is 181 Å². The molecule has 0 saturated carbocycles. The Kier molecular flexibility index (Phi) is 8.87. The average molecular weight is 495 g/mol. The van der Waals surface area contributed by atoms with Crippen LogP contribution in [0.25, 0.3) is 22.4 Å². The molecule has 0 fully saturated rings. The number of hydrogen-bond acceptors (Lipinski definition) is 1. The quantitative estimate of drug-likeness (QED) is 0.309. The van der Waals surface area contributed by atoms with Crippen LogP contribution in [0.2, 0.25) is 0 Å². The summed E-state index contributed by atoms with van der Waals surface area (Å²) in [5.41, 5.74) is 7.78. The smallest absolute Gasteiger partial charge is 0.0504 e. The number of rotatable bonds is 0. The fourth-order valence-corrected chi connectivity index (χ4v) is 5.65. The van der Waals surface area contributed by atoms with E-state index in [1.165, 1.54) is 44.2 Å². The van der Waals surface area contributed by atoms with E-state index in [9.17, 15) is 0 Å². The predicted octanol–water partition coefficient (Wildman–Crippen LogP) is 9.07. The molecule has 0 radical (unpaired) electrons. The highest BCUT2D eigenvalue weighted by Crippen LogP contribution is 2.56. The second-order valence-corrected chi connectivity index (χ2v) is 8.89. The van der Waals surface area contributed by atoms with Gasteiger partial charge in [-0.15, -0.1) is 13.2 Å².